The Kier molecular flexibility index (Phi) is 5.94. The highest BCUT2D eigenvalue weighted by molar-refractivity contribution is 7.71. The van der Waals surface area contributed by atoms with Crippen molar-refractivity contribution >= 4 is 29.6 Å². The van der Waals surface area contributed by atoms with Crippen molar-refractivity contribution in [2.24, 2.45) is 0 Å². The van der Waals surface area contributed by atoms with Gasteiger partial charge >= 0.3 is 0 Å². The van der Waals surface area contributed by atoms with E-state index in [2.05, 4.69) is 67.7 Å². The zero-order valence-electron chi connectivity index (χ0n) is 15.1. The van der Waals surface area contributed by atoms with E-state index in [0.717, 1.165) is 50.1 Å². The number of hydrogen-bond acceptors (Lipinski definition) is 5. The molecule has 0 amide bonds. The van der Waals surface area contributed by atoms with Crippen LogP contribution < -0.4 is 0 Å². The van der Waals surface area contributed by atoms with Crippen LogP contribution in [0.4, 0.5) is 0 Å². The molecule has 0 aliphatic carbocycles. The summed E-state index contributed by atoms with van der Waals surface area (Å²) in [6.07, 6.45) is 4.45. The van der Waals surface area contributed by atoms with Crippen LogP contribution in [0.15, 0.2) is 53.9 Å². The van der Waals surface area contributed by atoms with Gasteiger partial charge in [-0.2, -0.15) is 4.98 Å². The SMILES string of the molecule is S=c1nc(-c2cccs2)[nH]n1CN1CCN(C/C=C/c2ccccc2)CC1. The van der Waals surface area contributed by atoms with E-state index in [9.17, 15) is 0 Å². The van der Waals surface area contributed by atoms with Crippen LogP contribution in [0.1, 0.15) is 5.56 Å². The number of rotatable bonds is 6. The van der Waals surface area contributed by atoms with E-state index < -0.39 is 0 Å². The molecule has 3 aromatic rings. The quantitative estimate of drug-likeness (QED) is 0.639. The second kappa shape index (κ2) is 8.75. The zero-order valence-corrected chi connectivity index (χ0v) is 16.8. The van der Waals surface area contributed by atoms with Crippen molar-refractivity contribution in [1.82, 2.24) is 24.6 Å². The highest BCUT2D eigenvalue weighted by atomic mass is 32.1. The third kappa shape index (κ3) is 4.81. The summed E-state index contributed by atoms with van der Waals surface area (Å²) in [6.45, 7) is 5.97. The summed E-state index contributed by atoms with van der Waals surface area (Å²) in [7, 11) is 0. The van der Waals surface area contributed by atoms with Gasteiger partial charge in [0.05, 0.1) is 11.5 Å². The fourth-order valence-electron chi connectivity index (χ4n) is 3.19. The van der Waals surface area contributed by atoms with E-state index in [1.54, 1.807) is 11.3 Å². The molecule has 7 heteroatoms. The van der Waals surface area contributed by atoms with Gasteiger partial charge in [-0.05, 0) is 29.2 Å². The lowest BCUT2D eigenvalue weighted by Gasteiger charge is -2.33. The summed E-state index contributed by atoms with van der Waals surface area (Å²) < 4.78 is 2.58. The van der Waals surface area contributed by atoms with Crippen molar-refractivity contribution in [2.75, 3.05) is 32.7 Å². The van der Waals surface area contributed by atoms with Crippen molar-refractivity contribution in [3.05, 3.63) is 64.3 Å². The smallest absolute Gasteiger partial charge is 0.217 e. The molecule has 0 spiro atoms. The maximum Gasteiger partial charge on any atom is 0.217 e. The normalized spacial score (nSPS) is 16.3. The molecule has 1 fully saturated rings. The van der Waals surface area contributed by atoms with Crippen LogP contribution >= 0.6 is 23.6 Å². The molecule has 3 heterocycles. The second-order valence-electron chi connectivity index (χ2n) is 6.63. The fourth-order valence-corrected chi connectivity index (χ4v) is 4.05. The Morgan fingerprint density at radius 2 is 1.81 bits per heavy atom. The molecule has 0 saturated carbocycles. The molecule has 4 rings (SSSR count). The van der Waals surface area contributed by atoms with Gasteiger partial charge < -0.3 is 0 Å². The van der Waals surface area contributed by atoms with Crippen LogP contribution in [-0.2, 0) is 6.67 Å². The highest BCUT2D eigenvalue weighted by Gasteiger charge is 2.17. The van der Waals surface area contributed by atoms with Crippen molar-refractivity contribution < 1.29 is 0 Å². The maximum atomic E-state index is 5.42. The second-order valence-corrected chi connectivity index (χ2v) is 7.95. The topological polar surface area (TPSA) is 40.1 Å². The van der Waals surface area contributed by atoms with Gasteiger partial charge in [-0.1, -0.05) is 48.6 Å². The highest BCUT2D eigenvalue weighted by Crippen LogP contribution is 2.20. The van der Waals surface area contributed by atoms with Crippen LogP contribution in [0, 0.1) is 4.77 Å². The average Bonchev–Trinajstić information content (AvgIpc) is 3.35. The first kappa shape index (κ1) is 18.3. The molecule has 2 aromatic heterocycles. The minimum Gasteiger partial charge on any atom is -0.297 e. The van der Waals surface area contributed by atoms with Gasteiger partial charge in [0.15, 0.2) is 5.82 Å². The minimum atomic E-state index is 0.617. The molecule has 140 valence electrons. The number of nitrogens with zero attached hydrogens (tertiary/aromatic N) is 4. The lowest BCUT2D eigenvalue weighted by atomic mass is 10.2. The number of benzene rings is 1. The van der Waals surface area contributed by atoms with Crippen molar-refractivity contribution in [1.29, 1.82) is 0 Å². The average molecular weight is 398 g/mol. The van der Waals surface area contributed by atoms with Gasteiger partial charge in [-0.25, -0.2) is 4.68 Å². The van der Waals surface area contributed by atoms with E-state index in [1.165, 1.54) is 5.56 Å². The molecule has 0 radical (unpaired) electrons. The summed E-state index contributed by atoms with van der Waals surface area (Å²) in [5, 5.41) is 5.39. The predicted molar refractivity (Wildman–Crippen MR) is 114 cm³/mol. The summed E-state index contributed by atoms with van der Waals surface area (Å²) in [5.74, 6) is 0.861. The Labute approximate surface area is 168 Å². The molecular weight excluding hydrogens is 374 g/mol. The van der Waals surface area contributed by atoms with Gasteiger partial charge in [0, 0.05) is 32.7 Å². The Bertz CT molecular complexity index is 919. The third-order valence-corrected chi connectivity index (χ3v) is 5.90. The molecule has 1 aromatic carbocycles. The first-order valence-electron chi connectivity index (χ1n) is 9.15. The Balaban J connectivity index is 1.27. The van der Waals surface area contributed by atoms with E-state index >= 15 is 0 Å². The monoisotopic (exact) mass is 397 g/mol. The van der Waals surface area contributed by atoms with Crippen molar-refractivity contribution in [2.45, 2.75) is 6.67 Å². The molecule has 1 N–H and O–H groups in total. The minimum absolute atomic E-state index is 0.617. The van der Waals surface area contributed by atoms with E-state index in [-0.39, 0.29) is 0 Å². The van der Waals surface area contributed by atoms with E-state index in [1.807, 2.05) is 16.8 Å². The molecule has 0 unspecified atom stereocenters. The number of piperazine rings is 1. The number of nitrogens with one attached hydrogen (secondary N) is 1. The van der Waals surface area contributed by atoms with Crippen molar-refractivity contribution in [3.8, 4) is 10.7 Å². The molecule has 0 atom stereocenters. The summed E-state index contributed by atoms with van der Waals surface area (Å²) in [6, 6.07) is 14.5. The fraction of sp³-hybridized carbons (Fsp3) is 0.300. The number of aromatic nitrogens is 3. The molecule has 1 aliphatic heterocycles. The van der Waals surface area contributed by atoms with Crippen LogP contribution in [0.2, 0.25) is 0 Å². The molecule has 1 aliphatic rings. The first-order valence-corrected chi connectivity index (χ1v) is 10.4. The first-order chi connectivity index (χ1) is 13.3. The zero-order chi connectivity index (χ0) is 18.5. The maximum absolute atomic E-state index is 5.42. The predicted octanol–water partition coefficient (Wildman–Crippen LogP) is 3.96. The van der Waals surface area contributed by atoms with Crippen molar-refractivity contribution in [3.63, 3.8) is 0 Å². The Morgan fingerprint density at radius 1 is 1.04 bits per heavy atom. The number of hydrogen-bond donors (Lipinski definition) is 1. The molecule has 0 bridgehead atoms. The van der Waals surface area contributed by atoms with E-state index in [0.29, 0.717) is 4.77 Å². The van der Waals surface area contributed by atoms with Crippen LogP contribution in [0.25, 0.3) is 16.8 Å². The third-order valence-electron chi connectivity index (χ3n) is 4.71. The molecule has 5 nitrogen and oxygen atoms in total. The van der Waals surface area contributed by atoms with Gasteiger partial charge in [0.25, 0.3) is 0 Å². The lowest BCUT2D eigenvalue weighted by molar-refractivity contribution is 0.110. The molecular formula is C20H23N5S2. The van der Waals surface area contributed by atoms with Gasteiger partial charge in [0.2, 0.25) is 4.77 Å². The number of aromatic amines is 1. The Morgan fingerprint density at radius 3 is 2.56 bits per heavy atom. The van der Waals surface area contributed by atoms with Gasteiger partial charge in [0.1, 0.15) is 0 Å². The summed E-state index contributed by atoms with van der Waals surface area (Å²) in [4.78, 5) is 10.5. The lowest BCUT2D eigenvalue weighted by Crippen LogP contribution is -2.46. The van der Waals surface area contributed by atoms with E-state index in [4.69, 9.17) is 12.2 Å². The summed E-state index contributed by atoms with van der Waals surface area (Å²) >= 11 is 7.09. The Hall–Kier alpha value is -2.06. The number of thiophene rings is 1. The molecule has 27 heavy (non-hydrogen) atoms. The van der Waals surface area contributed by atoms with Gasteiger partial charge in [-0.15, -0.1) is 11.3 Å². The van der Waals surface area contributed by atoms with Crippen LogP contribution in [0.3, 0.4) is 0 Å². The summed E-state index contributed by atoms with van der Waals surface area (Å²) in [5.41, 5.74) is 1.26. The largest absolute Gasteiger partial charge is 0.297 e. The molecule has 1 saturated heterocycles. The van der Waals surface area contributed by atoms with Crippen LogP contribution in [0.5, 0.6) is 0 Å². The number of H-pyrrole nitrogens is 1. The standard InChI is InChI=1S/C20H23N5S2/c26-20-21-19(18-9-5-15-27-18)22-25(20)16-24-13-11-23(12-14-24)10-4-8-17-6-2-1-3-7-17/h1-9,15H,10-14,16H2,(H,21,22,26)/b8-4+. The van der Waals surface area contributed by atoms with Gasteiger partial charge in [-0.3, -0.25) is 14.9 Å². The van der Waals surface area contributed by atoms with Crippen LogP contribution in [-0.4, -0.2) is 57.3 Å².